The van der Waals surface area contributed by atoms with Crippen LogP contribution in [0.2, 0.25) is 0 Å². The Morgan fingerprint density at radius 3 is 1.83 bits per heavy atom. The average Bonchev–Trinajstić information content (AvgIpc) is 3.40. The number of aromatic nitrogens is 6. The summed E-state index contributed by atoms with van der Waals surface area (Å²) < 4.78 is 18.4. The Morgan fingerprint density at radius 1 is 0.745 bits per heavy atom. The zero-order valence-corrected chi connectivity index (χ0v) is 26.2. The van der Waals surface area contributed by atoms with E-state index in [0.717, 1.165) is 9.13 Å². The van der Waals surface area contributed by atoms with E-state index >= 15 is 0 Å². The third-order valence-corrected chi connectivity index (χ3v) is 9.74. The van der Waals surface area contributed by atoms with Gasteiger partial charge in [0.05, 0.1) is 49.3 Å². The molecular formula is C33H34N6O8. The Balaban J connectivity index is 1.53. The molecule has 4 heterocycles. The quantitative estimate of drug-likeness (QED) is 0.174. The van der Waals surface area contributed by atoms with Crippen LogP contribution in [0.15, 0.2) is 91.0 Å². The maximum Gasteiger partial charge on any atom is 0.352 e. The Bertz CT molecular complexity index is 2180. The number of carbonyl (C=O) groups excluding carboxylic acids is 2. The molecule has 7 rings (SSSR count). The van der Waals surface area contributed by atoms with Crippen molar-refractivity contribution in [2.75, 3.05) is 13.2 Å². The van der Waals surface area contributed by atoms with E-state index in [1.54, 1.807) is 81.4 Å². The Hall–Kier alpha value is -5.40. The SMILES string of the molecule is CCOC(=O)C1(C(=O)OCC)CC[C@]2(C)C3=C(Cn4c(=O)n(-c5ccccc5)c(=O)n4[C@@H]3Cn3c(=O)n(-c4ccccc4)c(=O)n32)C1. The maximum atomic E-state index is 14.3. The number of esters is 2. The molecule has 0 unspecified atom stereocenters. The summed E-state index contributed by atoms with van der Waals surface area (Å²) in [6.45, 7) is 4.82. The molecule has 2 aromatic heterocycles. The van der Waals surface area contributed by atoms with Crippen molar-refractivity contribution in [2.24, 2.45) is 5.41 Å². The van der Waals surface area contributed by atoms with Gasteiger partial charge in [-0.3, -0.25) is 9.59 Å². The lowest BCUT2D eigenvalue weighted by Gasteiger charge is -2.45. The lowest BCUT2D eigenvalue weighted by Crippen LogP contribution is -2.54. The Labute approximate surface area is 267 Å². The largest absolute Gasteiger partial charge is 0.465 e. The summed E-state index contributed by atoms with van der Waals surface area (Å²) in [6.07, 6.45) is -0.172. The fourth-order valence-electron chi connectivity index (χ4n) is 7.74. The van der Waals surface area contributed by atoms with Crippen molar-refractivity contribution in [1.82, 2.24) is 27.9 Å². The van der Waals surface area contributed by atoms with E-state index in [-0.39, 0.29) is 45.6 Å². The molecule has 0 saturated carbocycles. The molecule has 4 aromatic rings. The van der Waals surface area contributed by atoms with Crippen molar-refractivity contribution in [1.29, 1.82) is 0 Å². The fourth-order valence-corrected chi connectivity index (χ4v) is 7.74. The molecule has 0 bridgehead atoms. The van der Waals surface area contributed by atoms with Crippen molar-refractivity contribution < 1.29 is 19.1 Å². The van der Waals surface area contributed by atoms with Gasteiger partial charge in [0.15, 0.2) is 5.41 Å². The van der Waals surface area contributed by atoms with E-state index in [0.29, 0.717) is 22.5 Å². The minimum atomic E-state index is -1.79. The zero-order chi connectivity index (χ0) is 33.2. The molecule has 0 amide bonds. The number of fused-ring (bicyclic) bond motifs is 4. The van der Waals surface area contributed by atoms with Crippen LogP contribution >= 0.6 is 0 Å². The van der Waals surface area contributed by atoms with Gasteiger partial charge in [-0.2, -0.15) is 0 Å². The fraction of sp³-hybridized carbons (Fsp3) is 0.394. The van der Waals surface area contributed by atoms with Crippen molar-refractivity contribution in [3.8, 4) is 11.4 Å². The molecule has 0 radical (unpaired) electrons. The number of carbonyl (C=O) groups is 2. The summed E-state index contributed by atoms with van der Waals surface area (Å²) in [4.78, 5) is 84.1. The summed E-state index contributed by atoms with van der Waals surface area (Å²) in [7, 11) is 0. The predicted octanol–water partition coefficient (Wildman–Crippen LogP) is 1.49. The van der Waals surface area contributed by atoms with Crippen LogP contribution in [0.1, 0.15) is 46.1 Å². The minimum absolute atomic E-state index is 0.0175. The number of nitrogens with zero attached hydrogens (tertiary/aromatic N) is 6. The summed E-state index contributed by atoms with van der Waals surface area (Å²) in [5.74, 6) is -1.54. The summed E-state index contributed by atoms with van der Waals surface area (Å²) in [5.41, 5.74) is -3.67. The second-order valence-corrected chi connectivity index (χ2v) is 12.3. The third-order valence-electron chi connectivity index (χ3n) is 9.74. The minimum Gasteiger partial charge on any atom is -0.465 e. The first-order valence-corrected chi connectivity index (χ1v) is 15.7. The van der Waals surface area contributed by atoms with Gasteiger partial charge in [0.1, 0.15) is 0 Å². The van der Waals surface area contributed by atoms with Gasteiger partial charge in [-0.25, -0.2) is 47.0 Å². The summed E-state index contributed by atoms with van der Waals surface area (Å²) >= 11 is 0. The highest BCUT2D eigenvalue weighted by molar-refractivity contribution is 6.00. The maximum absolute atomic E-state index is 14.3. The first kappa shape index (κ1) is 30.3. The van der Waals surface area contributed by atoms with E-state index in [4.69, 9.17) is 9.47 Å². The number of allylic oxidation sites excluding steroid dienone is 2. The highest BCUT2D eigenvalue weighted by Gasteiger charge is 2.58. The highest BCUT2D eigenvalue weighted by atomic mass is 16.6. The molecule has 0 fully saturated rings. The third kappa shape index (κ3) is 4.16. The Kier molecular flexibility index (Phi) is 6.99. The number of hydrogen-bond acceptors (Lipinski definition) is 8. The van der Waals surface area contributed by atoms with E-state index in [9.17, 15) is 28.8 Å². The van der Waals surface area contributed by atoms with Gasteiger partial charge >= 0.3 is 34.7 Å². The van der Waals surface area contributed by atoms with Crippen molar-refractivity contribution in [2.45, 2.75) is 64.7 Å². The number of benzene rings is 2. The zero-order valence-electron chi connectivity index (χ0n) is 26.2. The first-order chi connectivity index (χ1) is 22.6. The van der Waals surface area contributed by atoms with Crippen LogP contribution in [0.25, 0.3) is 11.4 Å². The van der Waals surface area contributed by atoms with Gasteiger partial charge in [-0.05, 0) is 75.4 Å². The second kappa shape index (κ2) is 10.9. The number of ether oxygens (including phenoxy) is 2. The molecule has 47 heavy (non-hydrogen) atoms. The molecule has 244 valence electrons. The van der Waals surface area contributed by atoms with Gasteiger partial charge in [0, 0.05) is 0 Å². The van der Waals surface area contributed by atoms with Crippen LogP contribution in [-0.4, -0.2) is 53.0 Å². The first-order valence-electron chi connectivity index (χ1n) is 15.7. The molecule has 2 atom stereocenters. The topological polar surface area (TPSA) is 150 Å². The van der Waals surface area contributed by atoms with Gasteiger partial charge in [0.2, 0.25) is 0 Å². The van der Waals surface area contributed by atoms with E-state index in [2.05, 4.69) is 0 Å². The summed E-state index contributed by atoms with van der Waals surface area (Å²) in [6, 6.07) is 16.1. The van der Waals surface area contributed by atoms with Gasteiger partial charge in [0.25, 0.3) is 0 Å². The normalized spacial score (nSPS) is 20.9. The van der Waals surface area contributed by atoms with E-state index < -0.39 is 51.7 Å². The molecule has 2 aromatic carbocycles. The average molecular weight is 643 g/mol. The highest BCUT2D eigenvalue weighted by Crippen LogP contribution is 2.52. The van der Waals surface area contributed by atoms with E-state index in [1.807, 2.05) is 0 Å². The number of hydrogen-bond donors (Lipinski definition) is 0. The van der Waals surface area contributed by atoms with Crippen LogP contribution < -0.4 is 22.8 Å². The van der Waals surface area contributed by atoms with Gasteiger partial charge < -0.3 is 9.47 Å². The van der Waals surface area contributed by atoms with Gasteiger partial charge in [-0.15, -0.1) is 0 Å². The molecule has 1 aliphatic carbocycles. The van der Waals surface area contributed by atoms with Crippen molar-refractivity contribution >= 4 is 11.9 Å². The smallest absolute Gasteiger partial charge is 0.352 e. The number of para-hydroxylation sites is 2. The molecule has 14 heteroatoms. The monoisotopic (exact) mass is 642 g/mol. The van der Waals surface area contributed by atoms with Crippen molar-refractivity contribution in [3.05, 3.63) is 114 Å². The predicted molar refractivity (Wildman–Crippen MR) is 168 cm³/mol. The van der Waals surface area contributed by atoms with Crippen LogP contribution in [0.5, 0.6) is 0 Å². The van der Waals surface area contributed by atoms with Crippen LogP contribution in [-0.2, 0) is 37.7 Å². The molecule has 14 nitrogen and oxygen atoms in total. The van der Waals surface area contributed by atoms with Gasteiger partial charge in [-0.1, -0.05) is 36.4 Å². The molecule has 3 aliphatic rings. The molecule has 0 spiro atoms. The lowest BCUT2D eigenvalue weighted by molar-refractivity contribution is -0.173. The van der Waals surface area contributed by atoms with Crippen LogP contribution in [0.4, 0.5) is 0 Å². The second-order valence-electron chi connectivity index (χ2n) is 12.3. The molecule has 0 N–H and O–H groups in total. The van der Waals surface area contributed by atoms with Crippen molar-refractivity contribution in [3.63, 3.8) is 0 Å². The molecule has 2 aliphatic heterocycles. The van der Waals surface area contributed by atoms with Crippen LogP contribution in [0, 0.1) is 5.41 Å². The molecule has 0 saturated heterocycles. The van der Waals surface area contributed by atoms with Crippen LogP contribution in [0.3, 0.4) is 0 Å². The lowest BCUT2D eigenvalue weighted by atomic mass is 9.77. The standard InChI is InChI=1S/C33H34N6O8/c1-4-46-26(40)33(27(41)47-5-2)17-16-32(3)25-21(18-33)19-34-28(42)36(22-12-8-6-9-13-22)30(44)38(34)24(25)20-35-29(43)37(31(45)39(32)35)23-14-10-7-11-15-23/h6-15,24H,4-5,16-20H2,1-3H3/t24-,32-/m1/s1. The van der Waals surface area contributed by atoms with E-state index in [1.165, 1.54) is 18.7 Å². The Morgan fingerprint density at radius 2 is 1.28 bits per heavy atom. The summed E-state index contributed by atoms with van der Waals surface area (Å²) in [5, 5.41) is 0. The molecular weight excluding hydrogens is 608 g/mol. The number of rotatable bonds is 6.